The summed E-state index contributed by atoms with van der Waals surface area (Å²) in [4.78, 5) is 8.02. The van der Waals surface area contributed by atoms with Gasteiger partial charge in [0.15, 0.2) is 0 Å². The minimum absolute atomic E-state index is 0.134. The van der Waals surface area contributed by atoms with Crippen LogP contribution in [0.1, 0.15) is 12.8 Å². The van der Waals surface area contributed by atoms with Crippen LogP contribution in [0.4, 0.5) is 0 Å². The van der Waals surface area contributed by atoms with E-state index < -0.39 is 0 Å². The maximum absolute atomic E-state index is 5.90. The van der Waals surface area contributed by atoms with Crippen LogP contribution in [0.5, 0.6) is 5.88 Å². The monoisotopic (exact) mass is 254 g/mol. The molecule has 0 amide bonds. The first-order chi connectivity index (χ1) is 8.33. The summed E-state index contributed by atoms with van der Waals surface area (Å²) >= 11 is 5.90. The molecule has 90 valence electrons. The van der Waals surface area contributed by atoms with Gasteiger partial charge < -0.3 is 9.47 Å². The summed E-state index contributed by atoms with van der Waals surface area (Å²) in [6.45, 7) is 1.45. The fourth-order valence-corrected chi connectivity index (χ4v) is 1.98. The molecule has 17 heavy (non-hydrogen) atoms. The second-order valence-corrected chi connectivity index (χ2v) is 4.21. The van der Waals surface area contributed by atoms with E-state index in [-0.39, 0.29) is 6.10 Å². The number of aromatic nitrogens is 4. The maximum Gasteiger partial charge on any atom is 0.256 e. The van der Waals surface area contributed by atoms with Gasteiger partial charge in [0.2, 0.25) is 5.88 Å². The molecule has 6 nitrogen and oxygen atoms in total. The van der Waals surface area contributed by atoms with Crippen LogP contribution < -0.4 is 4.74 Å². The van der Waals surface area contributed by atoms with Gasteiger partial charge in [0, 0.05) is 18.9 Å². The van der Waals surface area contributed by atoms with Crippen molar-refractivity contribution in [1.29, 1.82) is 0 Å². The molecule has 0 saturated carbocycles. The lowest BCUT2D eigenvalue weighted by Gasteiger charge is -2.23. The van der Waals surface area contributed by atoms with Crippen molar-refractivity contribution in [2.75, 3.05) is 13.2 Å². The number of nitrogens with zero attached hydrogens (tertiary/aromatic N) is 4. The average Bonchev–Trinajstić information content (AvgIpc) is 2.78. The average molecular weight is 255 g/mol. The highest BCUT2D eigenvalue weighted by atomic mass is 35.5. The summed E-state index contributed by atoms with van der Waals surface area (Å²) in [6, 6.07) is 1.65. The van der Waals surface area contributed by atoms with E-state index in [0.717, 1.165) is 26.1 Å². The Bertz CT molecular complexity index is 524. The van der Waals surface area contributed by atoms with Crippen molar-refractivity contribution in [3.8, 4) is 5.88 Å². The molecule has 1 saturated heterocycles. The molecule has 1 fully saturated rings. The van der Waals surface area contributed by atoms with E-state index in [9.17, 15) is 0 Å². The van der Waals surface area contributed by atoms with Gasteiger partial charge in [0.1, 0.15) is 17.6 Å². The highest BCUT2D eigenvalue weighted by molar-refractivity contribution is 6.29. The molecule has 0 atom stereocenters. The number of ether oxygens (including phenoxy) is 2. The Kier molecular flexibility index (Phi) is 2.82. The van der Waals surface area contributed by atoms with E-state index in [0.29, 0.717) is 16.8 Å². The highest BCUT2D eigenvalue weighted by Crippen LogP contribution is 2.20. The highest BCUT2D eigenvalue weighted by Gasteiger charge is 2.17. The maximum atomic E-state index is 5.90. The predicted octanol–water partition coefficient (Wildman–Crippen LogP) is 1.34. The van der Waals surface area contributed by atoms with Gasteiger partial charge in [-0.1, -0.05) is 11.6 Å². The van der Waals surface area contributed by atoms with Crippen LogP contribution in [-0.4, -0.2) is 38.9 Å². The molecule has 0 N–H and O–H groups in total. The van der Waals surface area contributed by atoms with E-state index in [1.807, 2.05) is 0 Å². The zero-order valence-electron chi connectivity index (χ0n) is 9.04. The van der Waals surface area contributed by atoms with Gasteiger partial charge in [-0.05, 0) is 0 Å². The first-order valence-corrected chi connectivity index (χ1v) is 5.81. The van der Waals surface area contributed by atoms with Crippen molar-refractivity contribution >= 4 is 17.4 Å². The van der Waals surface area contributed by atoms with Gasteiger partial charge in [-0.15, -0.1) is 0 Å². The molecule has 7 heteroatoms. The Hall–Kier alpha value is -1.40. The first-order valence-electron chi connectivity index (χ1n) is 5.43. The molecule has 0 bridgehead atoms. The molecule has 0 spiro atoms. The van der Waals surface area contributed by atoms with Gasteiger partial charge in [0.05, 0.1) is 13.2 Å². The molecule has 1 aliphatic heterocycles. The van der Waals surface area contributed by atoms with E-state index in [4.69, 9.17) is 21.1 Å². The zero-order valence-corrected chi connectivity index (χ0v) is 9.80. The molecular weight excluding hydrogens is 244 g/mol. The zero-order chi connectivity index (χ0) is 11.7. The molecular formula is C10H11ClN4O2. The quantitative estimate of drug-likeness (QED) is 0.757. The van der Waals surface area contributed by atoms with E-state index in [1.165, 1.54) is 6.33 Å². The Labute approximate surface area is 103 Å². The standard InChI is InChI=1S/C10H11ClN4O2/c11-8-5-9(15-10(14-8)12-6-13-15)17-7-1-3-16-4-2-7/h5-7H,1-4H2. The van der Waals surface area contributed by atoms with Gasteiger partial charge >= 0.3 is 0 Å². The third-order valence-corrected chi connectivity index (χ3v) is 2.84. The van der Waals surface area contributed by atoms with Crippen LogP contribution in [0.15, 0.2) is 12.4 Å². The lowest BCUT2D eigenvalue weighted by Crippen LogP contribution is -2.26. The fraction of sp³-hybridized carbons (Fsp3) is 0.500. The molecule has 0 aliphatic carbocycles. The van der Waals surface area contributed by atoms with Crippen molar-refractivity contribution in [2.45, 2.75) is 18.9 Å². The SMILES string of the molecule is Clc1cc(OC2CCOCC2)n2ncnc2n1. The van der Waals surface area contributed by atoms with Gasteiger partial charge in [-0.2, -0.15) is 19.6 Å². The molecule has 0 unspecified atom stereocenters. The Morgan fingerprint density at radius 1 is 1.41 bits per heavy atom. The summed E-state index contributed by atoms with van der Waals surface area (Å²) in [5.74, 6) is 1.02. The number of fused-ring (bicyclic) bond motifs is 1. The van der Waals surface area contributed by atoms with E-state index >= 15 is 0 Å². The lowest BCUT2D eigenvalue weighted by molar-refractivity contribution is 0.0227. The van der Waals surface area contributed by atoms with Crippen LogP contribution in [0.25, 0.3) is 5.78 Å². The second-order valence-electron chi connectivity index (χ2n) is 3.82. The first kappa shape index (κ1) is 10.7. The smallest absolute Gasteiger partial charge is 0.256 e. The number of halogens is 1. The summed E-state index contributed by atoms with van der Waals surface area (Å²) in [5, 5.41) is 4.41. The predicted molar refractivity (Wildman–Crippen MR) is 60.3 cm³/mol. The minimum Gasteiger partial charge on any atom is -0.474 e. The molecule has 0 aromatic carbocycles. The van der Waals surface area contributed by atoms with E-state index in [2.05, 4.69) is 15.1 Å². The largest absolute Gasteiger partial charge is 0.474 e. The van der Waals surface area contributed by atoms with Crippen LogP contribution in [0.3, 0.4) is 0 Å². The fourth-order valence-electron chi connectivity index (χ4n) is 1.81. The summed E-state index contributed by atoms with van der Waals surface area (Å²) in [7, 11) is 0. The molecule has 1 aliphatic rings. The molecule has 0 radical (unpaired) electrons. The lowest BCUT2D eigenvalue weighted by atomic mass is 10.2. The number of hydrogen-bond donors (Lipinski definition) is 0. The van der Waals surface area contributed by atoms with Crippen LogP contribution in [0.2, 0.25) is 5.15 Å². The number of rotatable bonds is 2. The molecule has 2 aromatic heterocycles. The summed E-state index contributed by atoms with van der Waals surface area (Å²) < 4.78 is 12.7. The molecule has 3 heterocycles. The second kappa shape index (κ2) is 4.46. The topological polar surface area (TPSA) is 61.5 Å². The van der Waals surface area contributed by atoms with Crippen molar-refractivity contribution in [2.24, 2.45) is 0 Å². The molecule has 2 aromatic rings. The molecule has 3 rings (SSSR count). The van der Waals surface area contributed by atoms with Gasteiger partial charge in [-0.3, -0.25) is 0 Å². The van der Waals surface area contributed by atoms with Gasteiger partial charge in [0.25, 0.3) is 5.78 Å². The van der Waals surface area contributed by atoms with Crippen LogP contribution in [0, 0.1) is 0 Å². The van der Waals surface area contributed by atoms with Crippen molar-refractivity contribution in [3.63, 3.8) is 0 Å². The van der Waals surface area contributed by atoms with Crippen LogP contribution in [-0.2, 0) is 4.74 Å². The Balaban J connectivity index is 1.90. The van der Waals surface area contributed by atoms with Crippen molar-refractivity contribution < 1.29 is 9.47 Å². The van der Waals surface area contributed by atoms with Gasteiger partial charge in [-0.25, -0.2) is 0 Å². The summed E-state index contributed by atoms with van der Waals surface area (Å²) in [5.41, 5.74) is 0. The number of hydrogen-bond acceptors (Lipinski definition) is 5. The third kappa shape index (κ3) is 2.18. The van der Waals surface area contributed by atoms with Crippen LogP contribution >= 0.6 is 11.6 Å². The minimum atomic E-state index is 0.134. The Morgan fingerprint density at radius 3 is 3.06 bits per heavy atom. The van der Waals surface area contributed by atoms with Crippen molar-refractivity contribution in [3.05, 3.63) is 17.5 Å². The third-order valence-electron chi connectivity index (χ3n) is 2.64. The normalized spacial score (nSPS) is 17.5. The Morgan fingerprint density at radius 2 is 2.24 bits per heavy atom. The van der Waals surface area contributed by atoms with E-state index in [1.54, 1.807) is 10.6 Å². The van der Waals surface area contributed by atoms with Crippen molar-refractivity contribution in [1.82, 2.24) is 19.6 Å². The summed E-state index contributed by atoms with van der Waals surface area (Å²) in [6.07, 6.45) is 3.30.